The number of likely N-dealkylation sites (tertiary alicyclic amines) is 1. The molecule has 0 bridgehead atoms. The quantitative estimate of drug-likeness (QED) is 0.716. The summed E-state index contributed by atoms with van der Waals surface area (Å²) >= 11 is 0. The van der Waals surface area contributed by atoms with Gasteiger partial charge in [-0.15, -0.1) is 0 Å². The van der Waals surface area contributed by atoms with Gasteiger partial charge < -0.3 is 9.80 Å². The number of amides is 1. The van der Waals surface area contributed by atoms with Crippen molar-refractivity contribution in [1.29, 1.82) is 0 Å². The van der Waals surface area contributed by atoms with E-state index in [0.29, 0.717) is 6.04 Å². The first-order chi connectivity index (χ1) is 11.3. The molecule has 0 N–H and O–H groups in total. The molecule has 3 nitrogen and oxygen atoms in total. The number of benzene rings is 1. The minimum Gasteiger partial charge on any atom is -0.334 e. The maximum absolute atomic E-state index is 13.0. The molecule has 1 unspecified atom stereocenters. The predicted molar refractivity (Wildman–Crippen MR) is 94.8 cm³/mol. The summed E-state index contributed by atoms with van der Waals surface area (Å²) in [5, 5.41) is 0. The van der Waals surface area contributed by atoms with Crippen molar-refractivity contribution in [2.75, 3.05) is 26.2 Å². The third kappa shape index (κ3) is 3.95. The number of carbonyl (C=O) groups is 1. The lowest BCUT2D eigenvalue weighted by Gasteiger charge is -2.38. The van der Waals surface area contributed by atoms with Crippen molar-refractivity contribution < 1.29 is 4.79 Å². The maximum Gasteiger partial charge on any atom is 0.254 e. The van der Waals surface area contributed by atoms with Gasteiger partial charge >= 0.3 is 0 Å². The highest BCUT2D eigenvalue weighted by Crippen LogP contribution is 2.26. The van der Waals surface area contributed by atoms with Crippen LogP contribution in [0.25, 0.3) is 0 Å². The lowest BCUT2D eigenvalue weighted by atomic mass is 9.90. The van der Waals surface area contributed by atoms with E-state index in [1.54, 1.807) is 0 Å². The zero-order chi connectivity index (χ0) is 16.1. The minimum atomic E-state index is 0.257. The SMILES string of the molecule is CCCCCC1Cc2ccccc2C(=O)N1CCN1CCCC1. The van der Waals surface area contributed by atoms with Gasteiger partial charge in [-0.25, -0.2) is 0 Å². The molecule has 1 fully saturated rings. The van der Waals surface area contributed by atoms with E-state index in [4.69, 9.17) is 0 Å². The van der Waals surface area contributed by atoms with Gasteiger partial charge in [-0.2, -0.15) is 0 Å². The molecule has 0 aromatic heterocycles. The van der Waals surface area contributed by atoms with Crippen LogP contribution in [0, 0.1) is 0 Å². The van der Waals surface area contributed by atoms with Gasteiger partial charge in [0.25, 0.3) is 5.91 Å². The highest BCUT2D eigenvalue weighted by atomic mass is 16.2. The van der Waals surface area contributed by atoms with E-state index in [2.05, 4.69) is 28.9 Å². The number of hydrogen-bond donors (Lipinski definition) is 0. The van der Waals surface area contributed by atoms with Gasteiger partial charge in [-0.1, -0.05) is 44.4 Å². The summed E-state index contributed by atoms with van der Waals surface area (Å²) < 4.78 is 0. The molecule has 0 aliphatic carbocycles. The normalized spacial score (nSPS) is 21.7. The maximum atomic E-state index is 13.0. The molecule has 1 saturated heterocycles. The van der Waals surface area contributed by atoms with Crippen LogP contribution in [0.5, 0.6) is 0 Å². The van der Waals surface area contributed by atoms with Gasteiger partial charge in [0.15, 0.2) is 0 Å². The van der Waals surface area contributed by atoms with Crippen molar-refractivity contribution in [1.82, 2.24) is 9.80 Å². The van der Waals surface area contributed by atoms with Crippen LogP contribution in [-0.4, -0.2) is 47.9 Å². The van der Waals surface area contributed by atoms with Crippen LogP contribution in [-0.2, 0) is 6.42 Å². The van der Waals surface area contributed by atoms with Gasteiger partial charge in [0.2, 0.25) is 0 Å². The molecule has 1 aromatic carbocycles. The van der Waals surface area contributed by atoms with Crippen LogP contribution < -0.4 is 0 Å². The smallest absolute Gasteiger partial charge is 0.254 e. The van der Waals surface area contributed by atoms with Gasteiger partial charge in [0.1, 0.15) is 0 Å². The molecule has 2 aliphatic rings. The zero-order valence-electron chi connectivity index (χ0n) is 14.5. The minimum absolute atomic E-state index is 0.257. The zero-order valence-corrected chi connectivity index (χ0v) is 14.5. The van der Waals surface area contributed by atoms with Gasteiger partial charge in [0.05, 0.1) is 0 Å². The molecule has 0 saturated carbocycles. The van der Waals surface area contributed by atoms with Gasteiger partial charge in [-0.05, 0) is 50.4 Å². The van der Waals surface area contributed by atoms with Crippen molar-refractivity contribution in [3.63, 3.8) is 0 Å². The van der Waals surface area contributed by atoms with Gasteiger partial charge in [-0.3, -0.25) is 4.79 Å². The molecule has 2 aliphatic heterocycles. The fraction of sp³-hybridized carbons (Fsp3) is 0.650. The Morgan fingerprint density at radius 1 is 1.09 bits per heavy atom. The number of fused-ring (bicyclic) bond motifs is 1. The summed E-state index contributed by atoms with van der Waals surface area (Å²) in [6.45, 7) is 6.59. The Balaban J connectivity index is 1.69. The number of carbonyl (C=O) groups excluding carboxylic acids is 1. The first-order valence-corrected chi connectivity index (χ1v) is 9.41. The molecule has 3 heteroatoms. The van der Waals surface area contributed by atoms with Crippen LogP contribution in [0.15, 0.2) is 24.3 Å². The number of rotatable bonds is 7. The van der Waals surface area contributed by atoms with Crippen molar-refractivity contribution in [2.45, 2.75) is 57.9 Å². The third-order valence-electron chi connectivity index (χ3n) is 5.40. The van der Waals surface area contributed by atoms with E-state index in [-0.39, 0.29) is 5.91 Å². The molecule has 0 spiro atoms. The molecule has 3 rings (SSSR count). The van der Waals surface area contributed by atoms with Crippen LogP contribution in [0.3, 0.4) is 0 Å². The molecule has 0 radical (unpaired) electrons. The second kappa shape index (κ2) is 7.96. The highest BCUT2D eigenvalue weighted by molar-refractivity contribution is 5.97. The van der Waals surface area contributed by atoms with Crippen LogP contribution >= 0.6 is 0 Å². The monoisotopic (exact) mass is 314 g/mol. The fourth-order valence-corrected chi connectivity index (χ4v) is 4.02. The van der Waals surface area contributed by atoms with E-state index in [1.165, 1.54) is 50.8 Å². The summed E-state index contributed by atoms with van der Waals surface area (Å²) in [7, 11) is 0. The first kappa shape index (κ1) is 16.5. The Morgan fingerprint density at radius 2 is 1.87 bits per heavy atom. The fourth-order valence-electron chi connectivity index (χ4n) is 4.02. The average molecular weight is 314 g/mol. The molecule has 2 heterocycles. The van der Waals surface area contributed by atoms with Crippen molar-refractivity contribution >= 4 is 5.91 Å². The van der Waals surface area contributed by atoms with E-state index >= 15 is 0 Å². The first-order valence-electron chi connectivity index (χ1n) is 9.41. The second-order valence-corrected chi connectivity index (χ2v) is 7.06. The number of nitrogens with zero attached hydrogens (tertiary/aromatic N) is 2. The van der Waals surface area contributed by atoms with Crippen LogP contribution in [0.1, 0.15) is 61.4 Å². The Hall–Kier alpha value is -1.35. The summed E-state index contributed by atoms with van der Waals surface area (Å²) in [5.74, 6) is 0.257. The molecular formula is C20H30N2O. The molecule has 1 atom stereocenters. The van der Waals surface area contributed by atoms with Gasteiger partial charge in [0, 0.05) is 24.7 Å². The Morgan fingerprint density at radius 3 is 2.65 bits per heavy atom. The average Bonchev–Trinajstić information content (AvgIpc) is 3.08. The summed E-state index contributed by atoms with van der Waals surface area (Å²) in [4.78, 5) is 17.7. The van der Waals surface area contributed by atoms with Crippen LogP contribution in [0.4, 0.5) is 0 Å². The summed E-state index contributed by atoms with van der Waals surface area (Å²) in [6.07, 6.45) is 8.56. The molecular weight excluding hydrogens is 284 g/mol. The van der Waals surface area contributed by atoms with E-state index in [1.807, 2.05) is 12.1 Å². The van der Waals surface area contributed by atoms with E-state index < -0.39 is 0 Å². The molecule has 23 heavy (non-hydrogen) atoms. The Labute approximate surface area is 140 Å². The summed E-state index contributed by atoms with van der Waals surface area (Å²) in [6, 6.07) is 8.59. The molecule has 1 amide bonds. The standard InChI is InChI=1S/C20H30N2O/c1-2-3-4-10-18-16-17-9-5-6-11-19(17)20(23)22(18)15-14-21-12-7-8-13-21/h5-6,9,11,18H,2-4,7-8,10,12-16H2,1H3. The van der Waals surface area contributed by atoms with E-state index in [9.17, 15) is 4.79 Å². The predicted octanol–water partition coefficient (Wildman–Crippen LogP) is 3.73. The number of unbranched alkanes of at least 4 members (excludes halogenated alkanes) is 2. The number of hydrogen-bond acceptors (Lipinski definition) is 2. The Bertz CT molecular complexity index is 522. The highest BCUT2D eigenvalue weighted by Gasteiger charge is 2.31. The van der Waals surface area contributed by atoms with Crippen molar-refractivity contribution in [3.05, 3.63) is 35.4 Å². The topological polar surface area (TPSA) is 23.6 Å². The van der Waals surface area contributed by atoms with E-state index in [0.717, 1.165) is 31.5 Å². The largest absolute Gasteiger partial charge is 0.334 e. The lowest BCUT2D eigenvalue weighted by Crippen LogP contribution is -2.48. The lowest BCUT2D eigenvalue weighted by molar-refractivity contribution is 0.0615. The van der Waals surface area contributed by atoms with Crippen molar-refractivity contribution in [3.8, 4) is 0 Å². The van der Waals surface area contributed by atoms with Crippen LogP contribution in [0.2, 0.25) is 0 Å². The third-order valence-corrected chi connectivity index (χ3v) is 5.40. The summed E-state index contributed by atoms with van der Waals surface area (Å²) in [5.41, 5.74) is 2.18. The second-order valence-electron chi connectivity index (χ2n) is 7.06. The van der Waals surface area contributed by atoms with Crippen molar-refractivity contribution in [2.24, 2.45) is 0 Å². The Kier molecular flexibility index (Phi) is 5.71. The molecule has 126 valence electrons. The molecule has 1 aromatic rings.